The van der Waals surface area contributed by atoms with Gasteiger partial charge < -0.3 is 10.1 Å². The highest BCUT2D eigenvalue weighted by Crippen LogP contribution is 2.47. The Balaban J connectivity index is 1.17. The molecule has 1 N–H and O–H groups in total. The van der Waals surface area contributed by atoms with Crippen molar-refractivity contribution in [3.63, 3.8) is 0 Å². The van der Waals surface area contributed by atoms with E-state index in [9.17, 15) is 4.79 Å². The van der Waals surface area contributed by atoms with Gasteiger partial charge in [0.1, 0.15) is 17.3 Å². The number of rotatable bonds is 4. The van der Waals surface area contributed by atoms with Crippen molar-refractivity contribution in [3.05, 3.63) is 125 Å². The number of hydrogen-bond donors (Lipinski definition) is 1. The number of pyridine rings is 2. The molecule has 2 aliphatic rings. The number of aromatic nitrogens is 2. The zero-order valence-corrected chi connectivity index (χ0v) is 19.6. The molecule has 1 aliphatic heterocycles. The maximum atomic E-state index is 13.0. The third-order valence-electron chi connectivity index (χ3n) is 7.31. The van der Waals surface area contributed by atoms with E-state index in [0.717, 1.165) is 39.2 Å². The Labute approximate surface area is 208 Å². The average Bonchev–Trinajstić information content (AvgIpc) is 3.40. The monoisotopic (exact) mass is 469 g/mol. The molecule has 1 spiro atoms. The molecule has 1 aliphatic carbocycles. The van der Waals surface area contributed by atoms with Crippen molar-refractivity contribution in [2.24, 2.45) is 0 Å². The van der Waals surface area contributed by atoms with Gasteiger partial charge in [-0.1, -0.05) is 42.5 Å². The predicted molar refractivity (Wildman–Crippen MR) is 139 cm³/mol. The van der Waals surface area contributed by atoms with E-state index in [-0.39, 0.29) is 5.91 Å². The summed E-state index contributed by atoms with van der Waals surface area (Å²) >= 11 is 0. The molecule has 2 aromatic heterocycles. The smallest absolute Gasteiger partial charge is 0.237 e. The van der Waals surface area contributed by atoms with Gasteiger partial charge in [-0.15, -0.1) is 0 Å². The zero-order valence-electron chi connectivity index (χ0n) is 19.6. The van der Waals surface area contributed by atoms with Gasteiger partial charge in [0.05, 0.1) is 10.9 Å². The second kappa shape index (κ2) is 8.02. The summed E-state index contributed by atoms with van der Waals surface area (Å²) in [6.45, 7) is 0. The lowest BCUT2D eigenvalue weighted by atomic mass is 9.79. The van der Waals surface area contributed by atoms with Gasteiger partial charge in [0, 0.05) is 29.3 Å². The number of para-hydroxylation sites is 1. The van der Waals surface area contributed by atoms with Crippen LogP contribution in [0.25, 0.3) is 10.9 Å². The van der Waals surface area contributed by atoms with Crippen LogP contribution in [-0.2, 0) is 29.5 Å². The van der Waals surface area contributed by atoms with Crippen molar-refractivity contribution in [1.29, 1.82) is 0 Å². The van der Waals surface area contributed by atoms with Gasteiger partial charge >= 0.3 is 0 Å². The van der Waals surface area contributed by atoms with Gasteiger partial charge in [-0.25, -0.2) is 4.98 Å². The molecule has 0 saturated heterocycles. The van der Waals surface area contributed by atoms with E-state index in [1.54, 1.807) is 6.20 Å². The van der Waals surface area contributed by atoms with Crippen LogP contribution in [0.15, 0.2) is 97.2 Å². The lowest BCUT2D eigenvalue weighted by Gasteiger charge is -2.20. The SMILES string of the molecule is O=C1Nc2ncccc2C12Cc1cc3ccc(Cc4cccc(Oc5ccccc5)c4)nc3cc1C2. The molecule has 0 radical (unpaired) electrons. The highest BCUT2D eigenvalue weighted by atomic mass is 16.5. The molecule has 1 amide bonds. The number of nitrogens with one attached hydrogen (secondary N) is 1. The molecular weight excluding hydrogens is 446 g/mol. The first-order valence-electron chi connectivity index (χ1n) is 12.2. The van der Waals surface area contributed by atoms with Crippen LogP contribution in [0.1, 0.15) is 27.9 Å². The first kappa shape index (κ1) is 20.8. The van der Waals surface area contributed by atoms with Gasteiger partial charge in [-0.05, 0) is 78.1 Å². The molecule has 36 heavy (non-hydrogen) atoms. The summed E-state index contributed by atoms with van der Waals surface area (Å²) in [7, 11) is 0. The van der Waals surface area contributed by atoms with Crippen LogP contribution in [-0.4, -0.2) is 15.9 Å². The third-order valence-corrected chi connectivity index (χ3v) is 7.31. The number of carbonyl (C=O) groups excluding carboxylic acids is 1. The lowest BCUT2D eigenvalue weighted by molar-refractivity contribution is -0.120. The number of carbonyl (C=O) groups is 1. The number of amides is 1. The first-order chi connectivity index (χ1) is 17.7. The molecule has 7 rings (SSSR count). The van der Waals surface area contributed by atoms with Gasteiger partial charge in [0.25, 0.3) is 0 Å². The molecule has 3 aromatic carbocycles. The molecule has 5 heteroatoms. The normalized spacial score (nSPS) is 17.7. The Morgan fingerprint density at radius 1 is 0.833 bits per heavy atom. The summed E-state index contributed by atoms with van der Waals surface area (Å²) in [5.74, 6) is 2.37. The number of nitrogens with zero attached hydrogens (tertiary/aromatic N) is 2. The Kier molecular flexibility index (Phi) is 4.64. The quantitative estimate of drug-likeness (QED) is 0.351. The van der Waals surface area contributed by atoms with Crippen molar-refractivity contribution in [2.75, 3.05) is 5.32 Å². The highest BCUT2D eigenvalue weighted by Gasteiger charge is 2.51. The summed E-state index contributed by atoms with van der Waals surface area (Å²) in [5.41, 5.74) is 5.95. The molecule has 1 atom stereocenters. The van der Waals surface area contributed by atoms with Crippen molar-refractivity contribution < 1.29 is 9.53 Å². The van der Waals surface area contributed by atoms with Crippen LogP contribution in [0.4, 0.5) is 5.82 Å². The maximum Gasteiger partial charge on any atom is 0.237 e. The Morgan fingerprint density at radius 2 is 1.67 bits per heavy atom. The van der Waals surface area contributed by atoms with E-state index in [1.165, 1.54) is 11.1 Å². The van der Waals surface area contributed by atoms with Gasteiger partial charge in [0.15, 0.2) is 0 Å². The molecule has 0 saturated carbocycles. The topological polar surface area (TPSA) is 64.1 Å². The minimum Gasteiger partial charge on any atom is -0.457 e. The fourth-order valence-electron chi connectivity index (χ4n) is 5.59. The van der Waals surface area contributed by atoms with E-state index >= 15 is 0 Å². The lowest BCUT2D eigenvalue weighted by Crippen LogP contribution is -2.35. The minimum atomic E-state index is -0.564. The Bertz CT molecular complexity index is 1650. The van der Waals surface area contributed by atoms with E-state index in [1.807, 2.05) is 54.6 Å². The summed E-state index contributed by atoms with van der Waals surface area (Å²) in [5, 5.41) is 4.08. The summed E-state index contributed by atoms with van der Waals surface area (Å²) in [4.78, 5) is 22.4. The van der Waals surface area contributed by atoms with Crippen LogP contribution >= 0.6 is 0 Å². The predicted octanol–water partition coefficient (Wildman–Crippen LogP) is 6.00. The van der Waals surface area contributed by atoms with Crippen molar-refractivity contribution >= 4 is 22.6 Å². The standard InChI is InChI=1S/C31H23N3O2/c35-30-31(27-10-5-13-32-29(27)34-30)18-22-16-21-11-12-24(33-28(21)17-23(22)19-31)14-20-6-4-9-26(15-20)36-25-7-2-1-3-8-25/h1-13,15-17H,14,18-19H2,(H,32,34,35). The molecule has 5 nitrogen and oxygen atoms in total. The van der Waals surface area contributed by atoms with Gasteiger partial charge in [-0.3, -0.25) is 9.78 Å². The van der Waals surface area contributed by atoms with Crippen molar-refractivity contribution in [2.45, 2.75) is 24.7 Å². The first-order valence-corrected chi connectivity index (χ1v) is 12.2. The Hall–Kier alpha value is -4.51. The van der Waals surface area contributed by atoms with E-state index in [0.29, 0.717) is 25.1 Å². The van der Waals surface area contributed by atoms with Crippen LogP contribution in [0.3, 0.4) is 0 Å². The van der Waals surface area contributed by atoms with Crippen LogP contribution in [0.2, 0.25) is 0 Å². The second-order valence-electron chi connectivity index (χ2n) is 9.64. The molecule has 0 fully saturated rings. The van der Waals surface area contributed by atoms with Crippen molar-refractivity contribution in [3.8, 4) is 11.5 Å². The number of benzene rings is 3. The fourth-order valence-corrected chi connectivity index (χ4v) is 5.59. The molecule has 174 valence electrons. The average molecular weight is 470 g/mol. The molecule has 0 bridgehead atoms. The summed E-state index contributed by atoms with van der Waals surface area (Å²) in [6.07, 6.45) is 3.81. The summed E-state index contributed by atoms with van der Waals surface area (Å²) < 4.78 is 6.00. The van der Waals surface area contributed by atoms with E-state index < -0.39 is 5.41 Å². The fraction of sp³-hybridized carbons (Fsp3) is 0.129. The highest BCUT2D eigenvalue weighted by molar-refractivity contribution is 6.06. The molecule has 5 aromatic rings. The molecular formula is C31H23N3O2. The second-order valence-corrected chi connectivity index (χ2v) is 9.64. The summed E-state index contributed by atoms with van der Waals surface area (Å²) in [6, 6.07) is 30.5. The van der Waals surface area contributed by atoms with Gasteiger partial charge in [-0.2, -0.15) is 0 Å². The van der Waals surface area contributed by atoms with Crippen molar-refractivity contribution in [1.82, 2.24) is 9.97 Å². The van der Waals surface area contributed by atoms with E-state index in [4.69, 9.17) is 9.72 Å². The molecule has 1 unspecified atom stereocenters. The third kappa shape index (κ3) is 3.43. The minimum absolute atomic E-state index is 0.0442. The zero-order chi connectivity index (χ0) is 24.1. The number of hydrogen-bond acceptors (Lipinski definition) is 4. The molecule has 3 heterocycles. The number of anilines is 1. The maximum absolute atomic E-state index is 13.0. The largest absolute Gasteiger partial charge is 0.457 e. The van der Waals surface area contributed by atoms with E-state index in [2.05, 4.69) is 46.7 Å². The van der Waals surface area contributed by atoms with Crippen LogP contribution in [0.5, 0.6) is 11.5 Å². The Morgan fingerprint density at radius 3 is 2.56 bits per heavy atom. The number of fused-ring (bicyclic) bond motifs is 4. The van der Waals surface area contributed by atoms with Crippen LogP contribution in [0, 0.1) is 0 Å². The van der Waals surface area contributed by atoms with Crippen LogP contribution < -0.4 is 10.1 Å². The van der Waals surface area contributed by atoms with Gasteiger partial charge in [0.2, 0.25) is 5.91 Å². The number of ether oxygens (including phenoxy) is 1.